The quantitative estimate of drug-likeness (QED) is 0.396. The molecule has 26 heavy (non-hydrogen) atoms. The molecule has 124 valence electrons. The van der Waals surface area contributed by atoms with Crippen LogP contribution in [0.4, 0.5) is 0 Å². The van der Waals surface area contributed by atoms with Crippen LogP contribution in [0.15, 0.2) is 85.1 Å². The van der Waals surface area contributed by atoms with Gasteiger partial charge in [-0.3, -0.25) is 0 Å². The molecule has 5 aromatic rings. The van der Waals surface area contributed by atoms with Crippen molar-refractivity contribution in [2.75, 3.05) is 0 Å². The van der Waals surface area contributed by atoms with Gasteiger partial charge in [-0.1, -0.05) is 66.2 Å². The Morgan fingerprint density at radius 2 is 1.54 bits per heavy atom. The molecule has 3 nitrogen and oxygen atoms in total. The molecule has 0 saturated carbocycles. The number of halogens is 1. The minimum absolute atomic E-state index is 0.719. The Balaban J connectivity index is 1.68. The van der Waals surface area contributed by atoms with E-state index in [0.717, 1.165) is 44.0 Å². The minimum Gasteiger partial charge on any atom is -0.221 e. The van der Waals surface area contributed by atoms with E-state index in [0.29, 0.717) is 0 Å². The van der Waals surface area contributed by atoms with Crippen molar-refractivity contribution in [3.63, 3.8) is 0 Å². The third-order valence-electron chi connectivity index (χ3n) is 4.54. The first-order chi connectivity index (χ1) is 12.8. The molecule has 0 atom stereocenters. The summed E-state index contributed by atoms with van der Waals surface area (Å²) in [5.74, 6) is 0.719. The number of fused-ring (bicyclic) bond motifs is 2. The second-order valence-electron chi connectivity index (χ2n) is 6.16. The summed E-state index contributed by atoms with van der Waals surface area (Å²) in [7, 11) is 0. The second kappa shape index (κ2) is 5.97. The predicted octanol–water partition coefficient (Wildman–Crippen LogP) is 5.87. The SMILES string of the molecule is Clc1ccc(-c2cccc(-c3nc4ccccn4n3)c2)c2ccccc12. The summed E-state index contributed by atoms with van der Waals surface area (Å²) in [6, 6.07) is 26.4. The number of benzene rings is 3. The number of rotatable bonds is 2. The van der Waals surface area contributed by atoms with Gasteiger partial charge in [-0.25, -0.2) is 9.50 Å². The van der Waals surface area contributed by atoms with Crippen LogP contribution in [-0.4, -0.2) is 14.6 Å². The summed E-state index contributed by atoms with van der Waals surface area (Å²) in [5, 5.41) is 7.54. The van der Waals surface area contributed by atoms with Crippen molar-refractivity contribution in [1.82, 2.24) is 14.6 Å². The van der Waals surface area contributed by atoms with Gasteiger partial charge in [0.2, 0.25) is 0 Å². The average Bonchev–Trinajstić information content (AvgIpc) is 3.13. The molecule has 0 radical (unpaired) electrons. The van der Waals surface area contributed by atoms with Crippen LogP contribution in [0.1, 0.15) is 0 Å². The highest BCUT2D eigenvalue weighted by atomic mass is 35.5. The molecule has 0 unspecified atom stereocenters. The van der Waals surface area contributed by atoms with Crippen LogP contribution in [0, 0.1) is 0 Å². The molecule has 0 N–H and O–H groups in total. The van der Waals surface area contributed by atoms with Gasteiger partial charge in [-0.05, 0) is 40.8 Å². The van der Waals surface area contributed by atoms with E-state index in [-0.39, 0.29) is 0 Å². The maximum Gasteiger partial charge on any atom is 0.182 e. The molecule has 0 aliphatic carbocycles. The van der Waals surface area contributed by atoms with E-state index < -0.39 is 0 Å². The zero-order chi connectivity index (χ0) is 17.5. The predicted molar refractivity (Wildman–Crippen MR) is 106 cm³/mol. The molecule has 0 saturated heterocycles. The lowest BCUT2D eigenvalue weighted by molar-refractivity contribution is 0.966. The Hall–Kier alpha value is -3.17. The molecule has 0 amide bonds. The van der Waals surface area contributed by atoms with Crippen molar-refractivity contribution < 1.29 is 0 Å². The molecular weight excluding hydrogens is 342 g/mol. The van der Waals surface area contributed by atoms with Crippen molar-refractivity contribution in [1.29, 1.82) is 0 Å². The van der Waals surface area contributed by atoms with Crippen LogP contribution in [0.3, 0.4) is 0 Å². The first kappa shape index (κ1) is 15.1. The van der Waals surface area contributed by atoms with Gasteiger partial charge in [0.1, 0.15) is 0 Å². The minimum atomic E-state index is 0.719. The molecule has 0 aliphatic rings. The molecule has 5 rings (SSSR count). The van der Waals surface area contributed by atoms with E-state index in [1.807, 2.05) is 54.7 Å². The zero-order valence-electron chi connectivity index (χ0n) is 13.8. The summed E-state index contributed by atoms with van der Waals surface area (Å²) in [6.07, 6.45) is 1.91. The average molecular weight is 356 g/mol. The van der Waals surface area contributed by atoms with Gasteiger partial charge < -0.3 is 0 Å². The Morgan fingerprint density at radius 3 is 2.42 bits per heavy atom. The first-order valence-electron chi connectivity index (χ1n) is 8.39. The van der Waals surface area contributed by atoms with Crippen LogP contribution >= 0.6 is 11.6 Å². The van der Waals surface area contributed by atoms with E-state index in [9.17, 15) is 0 Å². The highest BCUT2D eigenvalue weighted by molar-refractivity contribution is 6.36. The molecule has 2 aromatic heterocycles. The van der Waals surface area contributed by atoms with Crippen molar-refractivity contribution >= 4 is 28.0 Å². The van der Waals surface area contributed by atoms with Gasteiger partial charge >= 0.3 is 0 Å². The van der Waals surface area contributed by atoms with Crippen LogP contribution in [0.25, 0.3) is 38.9 Å². The van der Waals surface area contributed by atoms with Crippen molar-refractivity contribution in [3.05, 3.63) is 90.1 Å². The molecule has 0 aliphatic heterocycles. The van der Waals surface area contributed by atoms with Crippen LogP contribution in [0.2, 0.25) is 5.02 Å². The summed E-state index contributed by atoms with van der Waals surface area (Å²) in [4.78, 5) is 4.62. The number of aromatic nitrogens is 3. The lowest BCUT2D eigenvalue weighted by atomic mass is 9.97. The standard InChI is InChI=1S/C22H14ClN3/c23-20-12-11-17(18-8-1-2-9-19(18)20)15-6-5-7-16(14-15)22-24-21-10-3-4-13-26(21)25-22/h1-14H. The van der Waals surface area contributed by atoms with E-state index in [1.54, 1.807) is 4.52 Å². The van der Waals surface area contributed by atoms with Gasteiger partial charge in [-0.2, -0.15) is 0 Å². The Labute approximate surface area is 155 Å². The van der Waals surface area contributed by atoms with Crippen LogP contribution in [-0.2, 0) is 0 Å². The fourth-order valence-electron chi connectivity index (χ4n) is 3.29. The Morgan fingerprint density at radius 1 is 0.731 bits per heavy atom. The number of pyridine rings is 1. The number of hydrogen-bond donors (Lipinski definition) is 0. The molecule has 0 fully saturated rings. The second-order valence-corrected chi connectivity index (χ2v) is 6.57. The normalized spacial score (nSPS) is 11.3. The molecule has 4 heteroatoms. The van der Waals surface area contributed by atoms with Gasteiger partial charge in [0, 0.05) is 22.2 Å². The monoisotopic (exact) mass is 355 g/mol. The number of nitrogens with zero attached hydrogens (tertiary/aromatic N) is 3. The van der Waals surface area contributed by atoms with Gasteiger partial charge in [0.05, 0.1) is 0 Å². The Kier molecular flexibility index (Phi) is 3.47. The lowest BCUT2D eigenvalue weighted by Crippen LogP contribution is -1.87. The van der Waals surface area contributed by atoms with E-state index in [1.165, 1.54) is 0 Å². The maximum absolute atomic E-state index is 6.37. The zero-order valence-corrected chi connectivity index (χ0v) is 14.6. The van der Waals surface area contributed by atoms with Gasteiger partial charge in [-0.15, -0.1) is 5.10 Å². The molecule has 3 aromatic carbocycles. The van der Waals surface area contributed by atoms with Gasteiger partial charge in [0.25, 0.3) is 0 Å². The topological polar surface area (TPSA) is 30.2 Å². The molecule has 0 bridgehead atoms. The summed E-state index contributed by atoms with van der Waals surface area (Å²) < 4.78 is 1.79. The van der Waals surface area contributed by atoms with E-state index >= 15 is 0 Å². The molecular formula is C22H14ClN3. The highest BCUT2D eigenvalue weighted by Crippen LogP contribution is 2.34. The van der Waals surface area contributed by atoms with Crippen molar-refractivity contribution in [2.45, 2.75) is 0 Å². The highest BCUT2D eigenvalue weighted by Gasteiger charge is 2.10. The molecule has 2 heterocycles. The van der Waals surface area contributed by atoms with E-state index in [2.05, 4.69) is 40.4 Å². The first-order valence-corrected chi connectivity index (χ1v) is 8.77. The Bertz CT molecular complexity index is 1220. The third kappa shape index (κ3) is 2.45. The molecule has 0 spiro atoms. The lowest BCUT2D eigenvalue weighted by Gasteiger charge is -2.09. The summed E-state index contributed by atoms with van der Waals surface area (Å²) >= 11 is 6.37. The fraction of sp³-hybridized carbons (Fsp3) is 0. The third-order valence-corrected chi connectivity index (χ3v) is 4.87. The largest absolute Gasteiger partial charge is 0.221 e. The van der Waals surface area contributed by atoms with Crippen LogP contribution < -0.4 is 0 Å². The van der Waals surface area contributed by atoms with E-state index in [4.69, 9.17) is 11.6 Å². The summed E-state index contributed by atoms with van der Waals surface area (Å²) in [6.45, 7) is 0. The smallest absolute Gasteiger partial charge is 0.182 e. The maximum atomic E-state index is 6.37. The number of hydrogen-bond acceptors (Lipinski definition) is 2. The fourth-order valence-corrected chi connectivity index (χ4v) is 3.52. The van der Waals surface area contributed by atoms with Crippen molar-refractivity contribution in [2.24, 2.45) is 0 Å². The van der Waals surface area contributed by atoms with Crippen LogP contribution in [0.5, 0.6) is 0 Å². The van der Waals surface area contributed by atoms with Gasteiger partial charge in [0.15, 0.2) is 11.5 Å². The summed E-state index contributed by atoms with van der Waals surface area (Å²) in [5.41, 5.74) is 4.10. The van der Waals surface area contributed by atoms with Crippen molar-refractivity contribution in [3.8, 4) is 22.5 Å².